The molecule has 0 atom stereocenters. The molecule has 0 saturated heterocycles. The fraction of sp³-hybridized carbons (Fsp3) is 0.333. The molecule has 0 aliphatic carbocycles. The summed E-state index contributed by atoms with van der Waals surface area (Å²) in [6, 6.07) is 0. The summed E-state index contributed by atoms with van der Waals surface area (Å²) < 4.78 is 0. The van der Waals surface area contributed by atoms with Gasteiger partial charge < -0.3 is 15.5 Å². The number of fused-ring (bicyclic) bond motifs is 1. The summed E-state index contributed by atoms with van der Waals surface area (Å²) in [6.45, 7) is 1.97. The monoisotopic (exact) mass is 225 g/mol. The highest BCUT2D eigenvalue weighted by Gasteiger charge is 2.07. The molecule has 0 spiro atoms. The maximum absolute atomic E-state index is 9.10. The predicted molar refractivity (Wildman–Crippen MR) is 52.7 cm³/mol. The zero-order valence-electron chi connectivity index (χ0n) is 8.38. The van der Waals surface area contributed by atoms with E-state index in [0.29, 0.717) is 0 Å². The lowest BCUT2D eigenvalue weighted by Gasteiger charge is -2.13. The van der Waals surface area contributed by atoms with Crippen molar-refractivity contribution in [3.8, 4) is 0 Å². The van der Waals surface area contributed by atoms with Crippen molar-refractivity contribution >= 4 is 11.9 Å². The van der Waals surface area contributed by atoms with Gasteiger partial charge in [-0.2, -0.15) is 0 Å². The Balaban J connectivity index is 0.000000187. The van der Waals surface area contributed by atoms with Crippen molar-refractivity contribution in [2.24, 2.45) is 0 Å². The van der Waals surface area contributed by atoms with Gasteiger partial charge in [-0.25, -0.2) is 19.6 Å². The van der Waals surface area contributed by atoms with Gasteiger partial charge in [0.1, 0.15) is 6.33 Å². The zero-order chi connectivity index (χ0) is 12.0. The first-order valence-corrected chi connectivity index (χ1v) is 4.56. The van der Waals surface area contributed by atoms with E-state index in [2.05, 4.69) is 15.3 Å². The molecule has 1 aliphatic heterocycles. The summed E-state index contributed by atoms with van der Waals surface area (Å²) in [6.07, 6.45) is 4.54. The van der Waals surface area contributed by atoms with E-state index in [1.807, 2.05) is 6.20 Å². The molecule has 2 rings (SSSR count). The van der Waals surface area contributed by atoms with Gasteiger partial charge in [-0.15, -0.1) is 0 Å². The van der Waals surface area contributed by atoms with Crippen LogP contribution < -0.4 is 5.32 Å². The lowest BCUT2D eigenvalue weighted by molar-refractivity contribution is -0.159. The summed E-state index contributed by atoms with van der Waals surface area (Å²) in [5.41, 5.74) is 2.45. The smallest absolute Gasteiger partial charge is 0.414 e. The van der Waals surface area contributed by atoms with Crippen molar-refractivity contribution in [2.45, 2.75) is 13.0 Å². The molecule has 3 N–H and O–H groups in total. The average Bonchev–Trinajstić information content (AvgIpc) is 2.30. The molecule has 16 heavy (non-hydrogen) atoms. The van der Waals surface area contributed by atoms with E-state index in [1.165, 1.54) is 11.3 Å². The van der Waals surface area contributed by atoms with Crippen LogP contribution in [0, 0.1) is 0 Å². The molecule has 7 nitrogen and oxygen atoms in total. The fourth-order valence-electron chi connectivity index (χ4n) is 1.19. The van der Waals surface area contributed by atoms with Crippen molar-refractivity contribution in [2.75, 3.05) is 6.54 Å². The third kappa shape index (κ3) is 3.62. The van der Waals surface area contributed by atoms with E-state index in [-0.39, 0.29) is 0 Å². The van der Waals surface area contributed by atoms with Crippen molar-refractivity contribution < 1.29 is 19.8 Å². The Morgan fingerprint density at radius 1 is 1.31 bits per heavy atom. The van der Waals surface area contributed by atoms with Crippen molar-refractivity contribution in [3.05, 3.63) is 23.8 Å². The lowest BCUT2D eigenvalue weighted by Crippen LogP contribution is -2.24. The highest BCUT2D eigenvalue weighted by atomic mass is 16.4. The van der Waals surface area contributed by atoms with Gasteiger partial charge in [-0.05, 0) is 0 Å². The van der Waals surface area contributed by atoms with E-state index < -0.39 is 11.9 Å². The predicted octanol–water partition coefficient (Wildman–Crippen LogP) is -0.722. The molecule has 1 aromatic heterocycles. The normalized spacial score (nSPS) is 13.0. The van der Waals surface area contributed by atoms with E-state index in [0.717, 1.165) is 19.5 Å². The molecule has 1 aromatic rings. The molecule has 0 bridgehead atoms. The standard InChI is InChI=1S/C7H9N3.C2H2O4/c1-2-8-3-6-4-9-5-10-7(1)6;3-1(4)2(5)6/h4-5,8H,1-3H2;(H,3,4)(H,5,6). The number of hydrogen-bond acceptors (Lipinski definition) is 5. The van der Waals surface area contributed by atoms with Crippen LogP contribution in [0.25, 0.3) is 0 Å². The van der Waals surface area contributed by atoms with E-state index >= 15 is 0 Å². The minimum Gasteiger partial charge on any atom is -0.473 e. The Morgan fingerprint density at radius 2 is 2.00 bits per heavy atom. The van der Waals surface area contributed by atoms with E-state index in [9.17, 15) is 0 Å². The Hall–Kier alpha value is -2.02. The van der Waals surface area contributed by atoms with Crippen molar-refractivity contribution in [3.63, 3.8) is 0 Å². The number of nitrogens with zero attached hydrogens (tertiary/aromatic N) is 2. The number of aromatic nitrogens is 2. The Kier molecular flexibility index (Phi) is 4.34. The van der Waals surface area contributed by atoms with Gasteiger partial charge in [-0.1, -0.05) is 0 Å². The summed E-state index contributed by atoms with van der Waals surface area (Å²) in [5, 5.41) is 18.0. The second-order valence-electron chi connectivity index (χ2n) is 3.03. The molecule has 1 aliphatic rings. The molecule has 7 heteroatoms. The SMILES string of the molecule is O=C(O)C(=O)O.c1ncc2c(n1)CCNC2. The topological polar surface area (TPSA) is 112 Å². The van der Waals surface area contributed by atoms with Crippen LogP contribution in [-0.2, 0) is 22.6 Å². The van der Waals surface area contributed by atoms with Crippen LogP contribution in [0.1, 0.15) is 11.3 Å². The van der Waals surface area contributed by atoms with Crippen molar-refractivity contribution in [1.29, 1.82) is 0 Å². The van der Waals surface area contributed by atoms with Gasteiger partial charge in [-0.3, -0.25) is 0 Å². The van der Waals surface area contributed by atoms with Crippen LogP contribution in [0.2, 0.25) is 0 Å². The number of nitrogens with one attached hydrogen (secondary N) is 1. The fourth-order valence-corrected chi connectivity index (χ4v) is 1.19. The van der Waals surface area contributed by atoms with Gasteiger partial charge in [0, 0.05) is 37.0 Å². The molecule has 0 radical (unpaired) electrons. The Bertz CT molecular complexity index is 357. The number of aliphatic carboxylic acids is 2. The van der Waals surface area contributed by atoms with Gasteiger partial charge in [0.05, 0.1) is 0 Å². The van der Waals surface area contributed by atoms with Crippen LogP contribution in [0.4, 0.5) is 0 Å². The van der Waals surface area contributed by atoms with Crippen LogP contribution >= 0.6 is 0 Å². The maximum atomic E-state index is 9.10. The summed E-state index contributed by atoms with van der Waals surface area (Å²) in [5.74, 6) is -3.65. The van der Waals surface area contributed by atoms with Crippen molar-refractivity contribution in [1.82, 2.24) is 15.3 Å². The van der Waals surface area contributed by atoms with Gasteiger partial charge >= 0.3 is 11.9 Å². The van der Waals surface area contributed by atoms with Gasteiger partial charge in [0.15, 0.2) is 0 Å². The number of carboxylic acid groups (broad SMARTS) is 2. The molecule has 0 amide bonds. The zero-order valence-corrected chi connectivity index (χ0v) is 8.38. The molecule has 0 aromatic carbocycles. The number of carbonyl (C=O) groups is 2. The van der Waals surface area contributed by atoms with E-state index in [4.69, 9.17) is 19.8 Å². The van der Waals surface area contributed by atoms with E-state index in [1.54, 1.807) is 6.33 Å². The van der Waals surface area contributed by atoms with Crippen LogP contribution in [0.15, 0.2) is 12.5 Å². The maximum Gasteiger partial charge on any atom is 0.414 e. The third-order valence-electron chi connectivity index (χ3n) is 1.92. The molecule has 0 fully saturated rings. The quantitative estimate of drug-likeness (QED) is 0.499. The molecule has 2 heterocycles. The summed E-state index contributed by atoms with van der Waals surface area (Å²) >= 11 is 0. The molecule has 0 saturated carbocycles. The average molecular weight is 225 g/mol. The molecule has 86 valence electrons. The third-order valence-corrected chi connectivity index (χ3v) is 1.92. The van der Waals surface area contributed by atoms with Gasteiger partial charge in [0.25, 0.3) is 0 Å². The highest BCUT2D eigenvalue weighted by Crippen LogP contribution is 2.07. The Morgan fingerprint density at radius 3 is 2.56 bits per heavy atom. The summed E-state index contributed by atoms with van der Waals surface area (Å²) in [7, 11) is 0. The first-order chi connectivity index (χ1) is 7.61. The number of hydrogen-bond donors (Lipinski definition) is 3. The molecular formula is C9H11N3O4. The minimum absolute atomic E-state index is 0.927. The number of carboxylic acids is 2. The summed E-state index contributed by atoms with van der Waals surface area (Å²) in [4.78, 5) is 26.3. The van der Waals surface area contributed by atoms with Crippen LogP contribution in [-0.4, -0.2) is 38.7 Å². The Labute approximate surface area is 91.2 Å². The van der Waals surface area contributed by atoms with Crippen LogP contribution in [0.3, 0.4) is 0 Å². The van der Waals surface area contributed by atoms with Crippen LogP contribution in [0.5, 0.6) is 0 Å². The first kappa shape index (κ1) is 12.1. The highest BCUT2D eigenvalue weighted by molar-refractivity contribution is 6.27. The molecular weight excluding hydrogens is 214 g/mol. The minimum atomic E-state index is -1.82. The number of rotatable bonds is 0. The largest absolute Gasteiger partial charge is 0.473 e. The second-order valence-corrected chi connectivity index (χ2v) is 3.03. The first-order valence-electron chi connectivity index (χ1n) is 4.56. The van der Waals surface area contributed by atoms with Gasteiger partial charge in [0.2, 0.25) is 0 Å². The molecule has 0 unspecified atom stereocenters. The lowest BCUT2D eigenvalue weighted by atomic mass is 10.1. The second kappa shape index (κ2) is 5.76.